The Morgan fingerprint density at radius 1 is 1.00 bits per heavy atom. The molecule has 0 aliphatic carbocycles. The van der Waals surface area contributed by atoms with E-state index in [0.717, 1.165) is 25.3 Å². The van der Waals surface area contributed by atoms with E-state index in [9.17, 15) is 9.59 Å². The zero-order valence-corrected chi connectivity index (χ0v) is 20.2. The average Bonchev–Trinajstić information content (AvgIpc) is 3.45. The van der Waals surface area contributed by atoms with E-state index >= 15 is 0 Å². The van der Waals surface area contributed by atoms with Gasteiger partial charge in [-0.25, -0.2) is 4.98 Å². The molecule has 0 aliphatic rings. The number of fused-ring (bicyclic) bond motifs is 3. The first-order valence-electron chi connectivity index (χ1n) is 10.7. The van der Waals surface area contributed by atoms with Crippen molar-refractivity contribution >= 4 is 66.2 Å². The quantitative estimate of drug-likeness (QED) is 0.290. The summed E-state index contributed by atoms with van der Waals surface area (Å²) in [5.41, 5.74) is 3.44. The topological polar surface area (TPSA) is 80.3 Å². The number of anilines is 2. The zero-order valence-electron chi connectivity index (χ0n) is 18.5. The van der Waals surface area contributed by atoms with Gasteiger partial charge < -0.3 is 15.4 Å². The first-order valence-corrected chi connectivity index (χ1v) is 12.4. The Morgan fingerprint density at radius 3 is 2.65 bits per heavy atom. The highest BCUT2D eigenvalue weighted by Gasteiger charge is 2.16. The highest BCUT2D eigenvalue weighted by atomic mass is 32.1. The van der Waals surface area contributed by atoms with Gasteiger partial charge >= 0.3 is 0 Å². The smallest absolute Gasteiger partial charge is 0.262 e. The van der Waals surface area contributed by atoms with Crippen LogP contribution in [-0.2, 0) is 4.79 Å². The molecule has 34 heavy (non-hydrogen) atoms. The molecule has 0 unspecified atom stereocenters. The lowest BCUT2D eigenvalue weighted by atomic mass is 10.1. The first kappa shape index (κ1) is 22.1. The first-order chi connectivity index (χ1) is 16.5. The second-order valence-electron chi connectivity index (χ2n) is 7.75. The number of ether oxygens (including phenoxy) is 1. The van der Waals surface area contributed by atoms with E-state index in [0.29, 0.717) is 28.3 Å². The van der Waals surface area contributed by atoms with Gasteiger partial charge in [0.2, 0.25) is 0 Å². The van der Waals surface area contributed by atoms with Crippen molar-refractivity contribution in [3.8, 4) is 5.75 Å². The number of thiazole rings is 1. The van der Waals surface area contributed by atoms with Gasteiger partial charge in [-0.3, -0.25) is 9.59 Å². The van der Waals surface area contributed by atoms with Crippen LogP contribution in [0.2, 0.25) is 0 Å². The van der Waals surface area contributed by atoms with Crippen LogP contribution in [0.15, 0.2) is 66.0 Å². The Kier molecular flexibility index (Phi) is 6.00. The molecule has 0 spiro atoms. The van der Waals surface area contributed by atoms with E-state index in [1.54, 1.807) is 40.9 Å². The molecule has 2 heterocycles. The van der Waals surface area contributed by atoms with Crippen LogP contribution in [0.5, 0.6) is 5.75 Å². The van der Waals surface area contributed by atoms with Gasteiger partial charge in [0.1, 0.15) is 5.75 Å². The van der Waals surface area contributed by atoms with Crippen LogP contribution in [0.4, 0.5) is 11.4 Å². The second-order valence-corrected chi connectivity index (χ2v) is 9.90. The molecule has 0 saturated carbocycles. The molecule has 2 amide bonds. The van der Waals surface area contributed by atoms with Crippen LogP contribution in [0.1, 0.15) is 20.9 Å². The van der Waals surface area contributed by atoms with Crippen LogP contribution in [0.3, 0.4) is 0 Å². The summed E-state index contributed by atoms with van der Waals surface area (Å²) in [7, 11) is 0. The number of carbonyl (C=O) groups is 2. The Balaban J connectivity index is 1.30. The van der Waals surface area contributed by atoms with Crippen LogP contribution >= 0.6 is 22.7 Å². The molecule has 0 saturated heterocycles. The third-order valence-corrected chi connectivity index (χ3v) is 7.25. The molecule has 0 fully saturated rings. The van der Waals surface area contributed by atoms with Crippen molar-refractivity contribution in [2.24, 2.45) is 0 Å². The zero-order chi connectivity index (χ0) is 23.7. The molecule has 2 N–H and O–H groups in total. The molecular formula is C26H21N3O3S2. The summed E-state index contributed by atoms with van der Waals surface area (Å²) in [5, 5.41) is 9.69. The predicted octanol–water partition coefficient (Wildman–Crippen LogP) is 6.40. The summed E-state index contributed by atoms with van der Waals surface area (Å²) in [6, 6.07) is 18.4. The number of benzene rings is 3. The molecule has 0 radical (unpaired) electrons. The van der Waals surface area contributed by atoms with Gasteiger partial charge in [0.15, 0.2) is 6.61 Å². The van der Waals surface area contributed by atoms with Crippen molar-refractivity contribution in [3.63, 3.8) is 0 Å². The van der Waals surface area contributed by atoms with Gasteiger partial charge in [-0.05, 0) is 55.1 Å². The van der Waals surface area contributed by atoms with Crippen LogP contribution in [0, 0.1) is 13.8 Å². The van der Waals surface area contributed by atoms with E-state index in [1.807, 2.05) is 61.7 Å². The highest BCUT2D eigenvalue weighted by molar-refractivity contribution is 7.21. The maximum atomic E-state index is 12.7. The van der Waals surface area contributed by atoms with Crippen molar-refractivity contribution in [1.29, 1.82) is 0 Å². The van der Waals surface area contributed by atoms with Crippen molar-refractivity contribution in [1.82, 2.24) is 4.98 Å². The fourth-order valence-electron chi connectivity index (χ4n) is 3.77. The molecule has 3 aromatic carbocycles. The van der Waals surface area contributed by atoms with Gasteiger partial charge in [0.25, 0.3) is 11.8 Å². The number of hydrogen-bond acceptors (Lipinski definition) is 6. The minimum absolute atomic E-state index is 0.145. The largest absolute Gasteiger partial charge is 0.483 e. The molecule has 8 heteroatoms. The Bertz CT molecular complexity index is 1520. The third kappa shape index (κ3) is 4.37. The van der Waals surface area contributed by atoms with Crippen molar-refractivity contribution < 1.29 is 14.3 Å². The number of hydrogen-bond donors (Lipinski definition) is 2. The monoisotopic (exact) mass is 487 g/mol. The Hall–Kier alpha value is -3.75. The molecule has 0 atom stereocenters. The summed E-state index contributed by atoms with van der Waals surface area (Å²) < 4.78 is 8.02. The number of aryl methyl sites for hydroxylation is 1. The van der Waals surface area contributed by atoms with Crippen LogP contribution in [0.25, 0.3) is 20.3 Å². The number of amides is 2. The molecule has 5 aromatic rings. The molecule has 0 bridgehead atoms. The normalized spacial score (nSPS) is 11.0. The number of para-hydroxylation sites is 1. The summed E-state index contributed by atoms with van der Waals surface area (Å²) in [6.07, 6.45) is 0. The van der Waals surface area contributed by atoms with E-state index < -0.39 is 0 Å². The van der Waals surface area contributed by atoms with Gasteiger partial charge in [0, 0.05) is 28.4 Å². The number of thiophene rings is 1. The second kappa shape index (κ2) is 9.24. The van der Waals surface area contributed by atoms with E-state index in [1.165, 1.54) is 0 Å². The number of carbonyl (C=O) groups excluding carboxylic acids is 2. The van der Waals surface area contributed by atoms with E-state index in [2.05, 4.69) is 15.6 Å². The van der Waals surface area contributed by atoms with Gasteiger partial charge in [-0.2, -0.15) is 0 Å². The van der Waals surface area contributed by atoms with Crippen LogP contribution < -0.4 is 15.4 Å². The molecule has 170 valence electrons. The fourth-order valence-corrected chi connectivity index (χ4v) is 5.61. The summed E-state index contributed by atoms with van der Waals surface area (Å²) >= 11 is 3.22. The molecule has 2 aromatic heterocycles. The summed E-state index contributed by atoms with van der Waals surface area (Å²) in [5.74, 6) is 0.131. The van der Waals surface area contributed by atoms with Gasteiger partial charge in [-0.1, -0.05) is 24.3 Å². The van der Waals surface area contributed by atoms with Gasteiger partial charge in [0.05, 0.1) is 19.9 Å². The number of nitrogens with one attached hydrogen (secondary N) is 2. The van der Waals surface area contributed by atoms with Crippen molar-refractivity contribution in [3.05, 3.63) is 82.2 Å². The molecule has 5 rings (SSSR count). The van der Waals surface area contributed by atoms with E-state index in [4.69, 9.17) is 4.74 Å². The maximum Gasteiger partial charge on any atom is 0.262 e. The summed E-state index contributed by atoms with van der Waals surface area (Å²) in [4.78, 5) is 30.1. The Morgan fingerprint density at radius 2 is 1.82 bits per heavy atom. The number of rotatable bonds is 6. The van der Waals surface area contributed by atoms with Crippen LogP contribution in [-0.4, -0.2) is 23.4 Å². The third-order valence-electron chi connectivity index (χ3n) is 5.41. The Labute approximate surface area is 204 Å². The molecule has 6 nitrogen and oxygen atoms in total. The maximum absolute atomic E-state index is 12.7. The summed E-state index contributed by atoms with van der Waals surface area (Å²) in [6.45, 7) is 3.65. The highest BCUT2D eigenvalue weighted by Crippen LogP contribution is 2.38. The molecule has 0 aliphatic heterocycles. The molecular weight excluding hydrogens is 466 g/mol. The predicted molar refractivity (Wildman–Crippen MR) is 139 cm³/mol. The van der Waals surface area contributed by atoms with Crippen molar-refractivity contribution in [2.45, 2.75) is 13.8 Å². The van der Waals surface area contributed by atoms with E-state index in [-0.39, 0.29) is 18.4 Å². The minimum Gasteiger partial charge on any atom is -0.483 e. The lowest BCUT2D eigenvalue weighted by Crippen LogP contribution is -2.21. The SMILES string of the molecule is Cc1nc2c(cc(OCC(=O)Nc3cccc(C(=O)Nc4ccccc4)c3C)c3ccsc32)s1. The number of nitrogens with zero attached hydrogens (tertiary/aromatic N) is 1. The average molecular weight is 488 g/mol. The lowest BCUT2D eigenvalue weighted by molar-refractivity contribution is -0.118. The number of aromatic nitrogens is 1. The minimum atomic E-state index is -0.298. The van der Waals surface area contributed by atoms with Crippen molar-refractivity contribution in [2.75, 3.05) is 17.2 Å². The van der Waals surface area contributed by atoms with Gasteiger partial charge in [-0.15, -0.1) is 22.7 Å². The standard InChI is InChI=1S/C26H21N3O3S2/c1-15-18(26(31)28-17-7-4-3-5-8-17)9-6-10-20(15)29-23(30)14-32-21-13-22-24(27-16(2)34-22)25-19(21)11-12-33-25/h3-13H,14H2,1-2H3,(H,28,31)(H,29,30). The fraction of sp³-hybridized carbons (Fsp3) is 0.115. The lowest BCUT2D eigenvalue weighted by Gasteiger charge is -2.13.